The van der Waals surface area contributed by atoms with Crippen molar-refractivity contribution in [3.63, 3.8) is 0 Å². The lowest BCUT2D eigenvalue weighted by Gasteiger charge is -2.32. The maximum atomic E-state index is 13.7. The standard InChI is InChI=1S/C14H17F2N3O3/c1-8(9-3-2-4-10(15)12(9)16)18-14(21)19-5-6-22-11(7-19)13(17)20/h2-4,8,11H,5-7H2,1H3,(H2,17,20)(H,18,21). The Bertz CT molecular complexity index is 582. The predicted octanol–water partition coefficient (Wildman–Crippen LogP) is 0.922. The van der Waals surface area contributed by atoms with Crippen molar-refractivity contribution in [2.45, 2.75) is 19.1 Å². The monoisotopic (exact) mass is 313 g/mol. The quantitative estimate of drug-likeness (QED) is 0.870. The maximum Gasteiger partial charge on any atom is 0.318 e. The number of hydrogen-bond donors (Lipinski definition) is 2. The predicted molar refractivity (Wildman–Crippen MR) is 73.8 cm³/mol. The third kappa shape index (κ3) is 3.51. The first kappa shape index (κ1) is 16.2. The van der Waals surface area contributed by atoms with E-state index in [2.05, 4.69) is 5.32 Å². The largest absolute Gasteiger partial charge is 0.367 e. The summed E-state index contributed by atoms with van der Waals surface area (Å²) in [7, 11) is 0. The number of nitrogens with zero attached hydrogens (tertiary/aromatic N) is 1. The van der Waals surface area contributed by atoms with Gasteiger partial charge in [-0.3, -0.25) is 4.79 Å². The van der Waals surface area contributed by atoms with Crippen LogP contribution in [0, 0.1) is 11.6 Å². The SMILES string of the molecule is CC(NC(=O)N1CCOC(C(N)=O)C1)c1cccc(F)c1F. The molecule has 120 valence electrons. The number of halogens is 2. The molecule has 8 heteroatoms. The Morgan fingerprint density at radius 3 is 2.86 bits per heavy atom. The molecule has 1 aliphatic heterocycles. The van der Waals surface area contributed by atoms with Crippen molar-refractivity contribution in [1.29, 1.82) is 0 Å². The van der Waals surface area contributed by atoms with Crippen LogP contribution in [0.5, 0.6) is 0 Å². The molecule has 6 nitrogen and oxygen atoms in total. The van der Waals surface area contributed by atoms with Gasteiger partial charge in [-0.1, -0.05) is 12.1 Å². The number of carbonyl (C=O) groups excluding carboxylic acids is 2. The van der Waals surface area contributed by atoms with Gasteiger partial charge < -0.3 is 20.7 Å². The number of hydrogen-bond acceptors (Lipinski definition) is 3. The molecule has 2 rings (SSSR count). The third-order valence-electron chi connectivity index (χ3n) is 3.46. The van der Waals surface area contributed by atoms with Crippen LogP contribution in [-0.2, 0) is 9.53 Å². The molecule has 1 saturated heterocycles. The Labute approximate surface area is 126 Å². The molecule has 0 radical (unpaired) electrons. The van der Waals surface area contributed by atoms with Crippen LogP contribution in [0.15, 0.2) is 18.2 Å². The number of benzene rings is 1. The number of ether oxygens (including phenoxy) is 1. The molecule has 1 fully saturated rings. The van der Waals surface area contributed by atoms with Gasteiger partial charge in [0, 0.05) is 12.1 Å². The number of amides is 3. The minimum Gasteiger partial charge on any atom is -0.367 e. The Kier molecular flexibility index (Phi) is 4.92. The normalized spacial score (nSPS) is 19.6. The van der Waals surface area contributed by atoms with E-state index in [1.54, 1.807) is 6.92 Å². The highest BCUT2D eigenvalue weighted by molar-refractivity contribution is 5.81. The molecule has 0 aromatic heterocycles. The van der Waals surface area contributed by atoms with Crippen molar-refractivity contribution in [3.05, 3.63) is 35.4 Å². The minimum atomic E-state index is -0.993. The first-order chi connectivity index (χ1) is 10.4. The lowest BCUT2D eigenvalue weighted by molar-refractivity contribution is -0.133. The second kappa shape index (κ2) is 6.69. The van der Waals surface area contributed by atoms with Gasteiger partial charge in [-0.05, 0) is 13.0 Å². The van der Waals surface area contributed by atoms with Gasteiger partial charge in [0.05, 0.1) is 19.2 Å². The molecule has 1 aliphatic rings. The zero-order valence-electron chi connectivity index (χ0n) is 12.0. The molecule has 0 bridgehead atoms. The van der Waals surface area contributed by atoms with Crippen LogP contribution >= 0.6 is 0 Å². The lowest BCUT2D eigenvalue weighted by atomic mass is 10.1. The summed E-state index contributed by atoms with van der Waals surface area (Å²) in [6, 6.07) is 2.56. The van der Waals surface area contributed by atoms with Gasteiger partial charge in [0.2, 0.25) is 5.91 Å². The summed E-state index contributed by atoms with van der Waals surface area (Å²) >= 11 is 0. The Morgan fingerprint density at radius 2 is 2.18 bits per heavy atom. The van der Waals surface area contributed by atoms with Gasteiger partial charge in [0.15, 0.2) is 17.7 Å². The van der Waals surface area contributed by atoms with Crippen LogP contribution in [0.4, 0.5) is 13.6 Å². The number of urea groups is 1. The van der Waals surface area contributed by atoms with E-state index >= 15 is 0 Å². The Morgan fingerprint density at radius 1 is 1.45 bits per heavy atom. The summed E-state index contributed by atoms with van der Waals surface area (Å²) in [5, 5.41) is 2.57. The first-order valence-corrected chi connectivity index (χ1v) is 6.80. The highest BCUT2D eigenvalue weighted by Crippen LogP contribution is 2.19. The van der Waals surface area contributed by atoms with E-state index in [9.17, 15) is 18.4 Å². The third-order valence-corrected chi connectivity index (χ3v) is 3.46. The zero-order chi connectivity index (χ0) is 16.3. The van der Waals surface area contributed by atoms with Crippen molar-refractivity contribution in [2.24, 2.45) is 5.73 Å². The fourth-order valence-corrected chi connectivity index (χ4v) is 2.22. The van der Waals surface area contributed by atoms with Crippen LogP contribution in [0.2, 0.25) is 0 Å². The van der Waals surface area contributed by atoms with Gasteiger partial charge in [-0.25, -0.2) is 13.6 Å². The Hall–Kier alpha value is -2.22. The van der Waals surface area contributed by atoms with Crippen LogP contribution in [0.1, 0.15) is 18.5 Å². The summed E-state index contributed by atoms with van der Waals surface area (Å²) < 4.78 is 32.0. The molecule has 0 saturated carbocycles. The van der Waals surface area contributed by atoms with Crippen LogP contribution in [0.3, 0.4) is 0 Å². The first-order valence-electron chi connectivity index (χ1n) is 6.80. The highest BCUT2D eigenvalue weighted by atomic mass is 19.2. The second-order valence-electron chi connectivity index (χ2n) is 5.02. The lowest BCUT2D eigenvalue weighted by Crippen LogP contribution is -2.53. The summed E-state index contributed by atoms with van der Waals surface area (Å²) in [5.74, 6) is -2.62. The maximum absolute atomic E-state index is 13.7. The number of primary amides is 1. The molecule has 22 heavy (non-hydrogen) atoms. The van der Waals surface area contributed by atoms with Gasteiger partial charge >= 0.3 is 6.03 Å². The summed E-state index contributed by atoms with van der Waals surface area (Å²) in [4.78, 5) is 24.6. The van der Waals surface area contributed by atoms with E-state index in [1.807, 2.05) is 0 Å². The number of rotatable bonds is 3. The van der Waals surface area contributed by atoms with Crippen LogP contribution < -0.4 is 11.1 Å². The number of morpholine rings is 1. The van der Waals surface area contributed by atoms with Crippen LogP contribution in [0.25, 0.3) is 0 Å². The molecule has 1 aromatic carbocycles. The second-order valence-corrected chi connectivity index (χ2v) is 5.02. The van der Waals surface area contributed by atoms with Crippen molar-refractivity contribution < 1.29 is 23.1 Å². The number of nitrogens with one attached hydrogen (secondary N) is 1. The molecule has 2 unspecified atom stereocenters. The molecule has 0 spiro atoms. The van der Waals surface area contributed by atoms with Crippen molar-refractivity contribution in [2.75, 3.05) is 19.7 Å². The molecule has 1 heterocycles. The van der Waals surface area contributed by atoms with E-state index in [0.717, 1.165) is 6.07 Å². The summed E-state index contributed by atoms with van der Waals surface area (Å²) in [6.45, 7) is 2.04. The number of carbonyl (C=O) groups is 2. The van der Waals surface area contributed by atoms with Crippen molar-refractivity contribution in [1.82, 2.24) is 10.2 Å². The summed E-state index contributed by atoms with van der Waals surface area (Å²) in [5.41, 5.74) is 5.19. The number of nitrogens with two attached hydrogens (primary N) is 1. The molecular formula is C14H17F2N3O3. The van der Waals surface area contributed by atoms with E-state index in [-0.39, 0.29) is 25.3 Å². The molecule has 0 aliphatic carbocycles. The van der Waals surface area contributed by atoms with E-state index in [0.29, 0.717) is 0 Å². The van der Waals surface area contributed by atoms with Crippen molar-refractivity contribution >= 4 is 11.9 Å². The van der Waals surface area contributed by atoms with Gasteiger partial charge in [0.1, 0.15) is 0 Å². The van der Waals surface area contributed by atoms with E-state index in [4.69, 9.17) is 10.5 Å². The van der Waals surface area contributed by atoms with Gasteiger partial charge in [-0.2, -0.15) is 0 Å². The summed E-state index contributed by atoms with van der Waals surface area (Å²) in [6.07, 6.45) is -0.860. The van der Waals surface area contributed by atoms with E-state index < -0.39 is 35.7 Å². The molecule has 3 N–H and O–H groups in total. The smallest absolute Gasteiger partial charge is 0.318 e. The fraction of sp³-hybridized carbons (Fsp3) is 0.429. The molecule has 2 atom stereocenters. The van der Waals surface area contributed by atoms with E-state index in [1.165, 1.54) is 17.0 Å². The van der Waals surface area contributed by atoms with Gasteiger partial charge in [0.25, 0.3) is 0 Å². The molecule has 3 amide bonds. The Balaban J connectivity index is 2.02. The average molecular weight is 313 g/mol. The highest BCUT2D eigenvalue weighted by Gasteiger charge is 2.28. The fourth-order valence-electron chi connectivity index (χ4n) is 2.22. The van der Waals surface area contributed by atoms with Crippen molar-refractivity contribution in [3.8, 4) is 0 Å². The topological polar surface area (TPSA) is 84.7 Å². The molecule has 1 aromatic rings. The zero-order valence-corrected chi connectivity index (χ0v) is 12.0. The van der Waals surface area contributed by atoms with Gasteiger partial charge in [-0.15, -0.1) is 0 Å². The average Bonchev–Trinajstić information content (AvgIpc) is 2.50. The van der Waals surface area contributed by atoms with Crippen LogP contribution in [-0.4, -0.2) is 42.6 Å². The molecular weight excluding hydrogens is 296 g/mol. The minimum absolute atomic E-state index is 0.0273.